The summed E-state index contributed by atoms with van der Waals surface area (Å²) in [5.74, 6) is -0.169. The zero-order valence-electron chi connectivity index (χ0n) is 15.8. The van der Waals surface area contributed by atoms with Crippen LogP contribution in [-0.4, -0.2) is 67.8 Å². The first kappa shape index (κ1) is 19.8. The van der Waals surface area contributed by atoms with E-state index in [1.165, 1.54) is 15.6 Å². The number of anilines is 1. The number of thiazole rings is 1. The van der Waals surface area contributed by atoms with Crippen LogP contribution in [-0.2, 0) is 14.8 Å². The molecule has 4 rings (SSSR count). The van der Waals surface area contributed by atoms with Gasteiger partial charge in [0.2, 0.25) is 5.91 Å². The van der Waals surface area contributed by atoms with Crippen LogP contribution in [0.1, 0.15) is 17.7 Å². The first-order chi connectivity index (χ1) is 13.4. The number of aromatic nitrogens is 1. The fourth-order valence-electron chi connectivity index (χ4n) is 3.79. The monoisotopic (exact) mass is 440 g/mol. The Labute approximate surface area is 173 Å². The molecule has 7 nitrogen and oxygen atoms in total. The van der Waals surface area contributed by atoms with Crippen LogP contribution in [0, 0.1) is 12.8 Å². The molecule has 2 aromatic rings. The summed E-state index contributed by atoms with van der Waals surface area (Å²) in [5.41, 5.74) is 0. The number of piperidine rings is 1. The van der Waals surface area contributed by atoms with E-state index in [-0.39, 0.29) is 18.4 Å². The van der Waals surface area contributed by atoms with Gasteiger partial charge in [-0.3, -0.25) is 4.79 Å². The summed E-state index contributed by atoms with van der Waals surface area (Å²) in [7, 11) is -3.51. The molecule has 2 saturated heterocycles. The molecular weight excluding hydrogens is 416 g/mol. The fourth-order valence-corrected chi connectivity index (χ4v) is 7.45. The summed E-state index contributed by atoms with van der Waals surface area (Å²) in [4.78, 5) is 22.4. The number of carbonyl (C=O) groups excluding carboxylic acids is 1. The number of amides is 1. The van der Waals surface area contributed by atoms with E-state index >= 15 is 0 Å². The third-order valence-electron chi connectivity index (χ3n) is 5.32. The van der Waals surface area contributed by atoms with Crippen molar-refractivity contribution in [2.24, 2.45) is 5.92 Å². The summed E-state index contributed by atoms with van der Waals surface area (Å²) in [5, 5.41) is 2.95. The minimum atomic E-state index is -3.51. The van der Waals surface area contributed by atoms with E-state index in [4.69, 9.17) is 0 Å². The first-order valence-corrected chi connectivity index (χ1v) is 12.6. The molecule has 2 aliphatic rings. The van der Waals surface area contributed by atoms with Crippen LogP contribution >= 0.6 is 22.7 Å². The molecule has 2 fully saturated rings. The van der Waals surface area contributed by atoms with E-state index in [9.17, 15) is 13.2 Å². The Morgan fingerprint density at radius 2 is 1.96 bits per heavy atom. The maximum absolute atomic E-state index is 13.0. The molecule has 0 radical (unpaired) electrons. The van der Waals surface area contributed by atoms with Crippen LogP contribution in [0.5, 0.6) is 0 Å². The lowest BCUT2D eigenvalue weighted by Crippen LogP contribution is -2.53. The molecule has 1 unspecified atom stereocenters. The van der Waals surface area contributed by atoms with Gasteiger partial charge in [-0.15, -0.1) is 22.7 Å². The lowest BCUT2D eigenvalue weighted by Gasteiger charge is -2.38. The summed E-state index contributed by atoms with van der Waals surface area (Å²) in [6.45, 7) is 5.52. The number of rotatable bonds is 4. The zero-order valence-corrected chi connectivity index (χ0v) is 18.2. The highest BCUT2D eigenvalue weighted by atomic mass is 32.2. The minimum Gasteiger partial charge on any atom is -0.345 e. The third kappa shape index (κ3) is 3.96. The van der Waals surface area contributed by atoms with Gasteiger partial charge in [0.15, 0.2) is 5.13 Å². The predicted molar refractivity (Wildman–Crippen MR) is 111 cm³/mol. The fraction of sp³-hybridized carbons (Fsp3) is 0.556. The molecule has 0 bridgehead atoms. The minimum absolute atomic E-state index is 0.0843. The molecule has 0 aromatic carbocycles. The standard InChI is InChI=1S/C18H24N4O3S3/c1-14-4-5-16(27-14)28(24,25)22-7-2-3-15(13-22)17(23)20-8-10-21(11-9-20)18-19-6-12-26-18/h4-6,12,15H,2-3,7-11,13H2,1H3. The van der Waals surface area contributed by atoms with Gasteiger partial charge < -0.3 is 9.80 Å². The van der Waals surface area contributed by atoms with Crippen molar-refractivity contribution in [3.05, 3.63) is 28.6 Å². The number of aryl methyl sites for hydroxylation is 1. The van der Waals surface area contributed by atoms with Crippen LogP contribution in [0.2, 0.25) is 0 Å². The van der Waals surface area contributed by atoms with Crippen molar-refractivity contribution in [1.82, 2.24) is 14.2 Å². The number of piperazine rings is 1. The summed E-state index contributed by atoms with van der Waals surface area (Å²) in [6, 6.07) is 3.49. The van der Waals surface area contributed by atoms with Crippen molar-refractivity contribution in [2.75, 3.05) is 44.2 Å². The van der Waals surface area contributed by atoms with Crippen LogP contribution in [0.25, 0.3) is 0 Å². The Morgan fingerprint density at radius 3 is 2.61 bits per heavy atom. The summed E-state index contributed by atoms with van der Waals surface area (Å²) in [6.07, 6.45) is 3.27. The average Bonchev–Trinajstić information content (AvgIpc) is 3.40. The Balaban J connectivity index is 1.39. The Bertz CT molecular complexity index is 918. The SMILES string of the molecule is Cc1ccc(S(=O)(=O)N2CCCC(C(=O)N3CCN(c4nccs4)CC3)C2)s1. The van der Waals surface area contributed by atoms with Crippen LogP contribution in [0.15, 0.2) is 27.9 Å². The summed E-state index contributed by atoms with van der Waals surface area (Å²) < 4.78 is 27.7. The molecule has 4 heterocycles. The number of carbonyl (C=O) groups is 1. The number of hydrogen-bond donors (Lipinski definition) is 0. The van der Waals surface area contributed by atoms with Gasteiger partial charge in [0.1, 0.15) is 4.21 Å². The number of thiophene rings is 1. The second kappa shape index (κ2) is 8.10. The van der Waals surface area contributed by atoms with Crippen molar-refractivity contribution in [3.8, 4) is 0 Å². The molecule has 0 N–H and O–H groups in total. The van der Waals surface area contributed by atoms with Crippen molar-refractivity contribution in [3.63, 3.8) is 0 Å². The van der Waals surface area contributed by atoms with Gasteiger partial charge in [-0.25, -0.2) is 13.4 Å². The smallest absolute Gasteiger partial charge is 0.252 e. The molecule has 152 valence electrons. The maximum atomic E-state index is 13.0. The van der Waals surface area contributed by atoms with E-state index in [1.54, 1.807) is 23.6 Å². The van der Waals surface area contributed by atoms with E-state index in [2.05, 4.69) is 9.88 Å². The van der Waals surface area contributed by atoms with E-state index < -0.39 is 10.0 Å². The predicted octanol–water partition coefficient (Wildman–Crippen LogP) is 2.26. The highest BCUT2D eigenvalue weighted by Gasteiger charge is 2.36. The highest BCUT2D eigenvalue weighted by Crippen LogP contribution is 2.29. The third-order valence-corrected chi connectivity index (χ3v) is 9.49. The number of hydrogen-bond acceptors (Lipinski definition) is 7. The number of sulfonamides is 1. The maximum Gasteiger partial charge on any atom is 0.252 e. The van der Waals surface area contributed by atoms with Crippen molar-refractivity contribution in [2.45, 2.75) is 24.0 Å². The molecular formula is C18H24N4O3S3. The van der Waals surface area contributed by atoms with Crippen LogP contribution in [0.4, 0.5) is 5.13 Å². The summed E-state index contributed by atoms with van der Waals surface area (Å²) >= 11 is 2.90. The van der Waals surface area contributed by atoms with Crippen molar-refractivity contribution >= 4 is 43.7 Å². The first-order valence-electron chi connectivity index (χ1n) is 9.45. The van der Waals surface area contributed by atoms with E-state index in [0.29, 0.717) is 23.8 Å². The largest absolute Gasteiger partial charge is 0.345 e. The molecule has 28 heavy (non-hydrogen) atoms. The van der Waals surface area contributed by atoms with Gasteiger partial charge in [-0.1, -0.05) is 0 Å². The second-order valence-corrected chi connectivity index (χ2v) is 11.5. The Hall–Kier alpha value is -1.49. The van der Waals surface area contributed by atoms with Gasteiger partial charge in [-0.2, -0.15) is 4.31 Å². The van der Waals surface area contributed by atoms with Gasteiger partial charge in [-0.05, 0) is 31.9 Å². The molecule has 0 aliphatic carbocycles. The normalized spacial score (nSPS) is 21.8. The van der Waals surface area contributed by atoms with Crippen LogP contribution < -0.4 is 4.90 Å². The average molecular weight is 441 g/mol. The Morgan fingerprint density at radius 1 is 1.18 bits per heavy atom. The quantitative estimate of drug-likeness (QED) is 0.729. The van der Waals surface area contributed by atoms with Gasteiger partial charge >= 0.3 is 0 Å². The molecule has 0 spiro atoms. The highest BCUT2D eigenvalue weighted by molar-refractivity contribution is 7.91. The van der Waals surface area contributed by atoms with E-state index in [0.717, 1.165) is 35.9 Å². The van der Waals surface area contributed by atoms with Gasteiger partial charge in [0.05, 0.1) is 5.92 Å². The second-order valence-electron chi connectivity index (χ2n) is 7.19. The van der Waals surface area contributed by atoms with Crippen molar-refractivity contribution < 1.29 is 13.2 Å². The molecule has 2 aliphatic heterocycles. The molecule has 2 aromatic heterocycles. The molecule has 1 amide bonds. The number of nitrogens with zero attached hydrogens (tertiary/aromatic N) is 4. The van der Waals surface area contributed by atoms with Gasteiger partial charge in [0.25, 0.3) is 10.0 Å². The zero-order chi connectivity index (χ0) is 19.7. The van der Waals surface area contributed by atoms with Gasteiger partial charge in [0, 0.05) is 55.7 Å². The Kier molecular flexibility index (Phi) is 5.73. The topological polar surface area (TPSA) is 73.8 Å². The van der Waals surface area contributed by atoms with E-state index in [1.807, 2.05) is 23.3 Å². The van der Waals surface area contributed by atoms with Crippen molar-refractivity contribution in [1.29, 1.82) is 0 Å². The molecule has 1 atom stereocenters. The molecule has 0 saturated carbocycles. The molecule has 10 heteroatoms. The lowest BCUT2D eigenvalue weighted by molar-refractivity contribution is -0.137. The lowest BCUT2D eigenvalue weighted by atomic mass is 9.98. The van der Waals surface area contributed by atoms with Crippen LogP contribution in [0.3, 0.4) is 0 Å².